The van der Waals surface area contributed by atoms with E-state index in [-0.39, 0.29) is 11.9 Å². The van der Waals surface area contributed by atoms with Crippen molar-refractivity contribution < 1.29 is 14.7 Å². The lowest BCUT2D eigenvalue weighted by molar-refractivity contribution is -0.140. The average molecular weight is 301 g/mol. The smallest absolute Gasteiger partial charge is 0.327 e. The van der Waals surface area contributed by atoms with E-state index in [9.17, 15) is 9.59 Å². The predicted molar refractivity (Wildman–Crippen MR) is 74.5 cm³/mol. The molecule has 0 aliphatic carbocycles. The molecule has 2 rings (SSSR count). The highest BCUT2D eigenvalue weighted by Crippen LogP contribution is 2.21. The minimum absolute atomic E-state index is 0.127. The molecule has 1 aromatic heterocycles. The third-order valence-corrected chi connectivity index (χ3v) is 4.88. The highest BCUT2D eigenvalue weighted by Gasteiger charge is 2.34. The maximum Gasteiger partial charge on any atom is 0.327 e. The van der Waals surface area contributed by atoms with E-state index in [4.69, 9.17) is 5.11 Å². The van der Waals surface area contributed by atoms with Crippen molar-refractivity contribution in [2.75, 3.05) is 18.2 Å². The molecule has 1 unspecified atom stereocenters. The van der Waals surface area contributed by atoms with E-state index >= 15 is 0 Å². The number of rotatable bonds is 4. The number of carboxylic acids is 1. The van der Waals surface area contributed by atoms with Crippen molar-refractivity contribution in [3.05, 3.63) is 16.6 Å². The van der Waals surface area contributed by atoms with Crippen LogP contribution < -0.4 is 5.32 Å². The summed E-state index contributed by atoms with van der Waals surface area (Å²) in [5, 5.41) is 14.6. The molecular formula is C11H15N3O3S2. The molecule has 0 bridgehead atoms. The van der Waals surface area contributed by atoms with E-state index in [1.807, 2.05) is 12.3 Å². The lowest BCUT2D eigenvalue weighted by atomic mass is 10.2. The standard InChI is InChI=1S/C11H15N3O3S2/c1-7(9-12-2-3-19-9)4-13-11(17)14-6-18-5-8(14)10(15)16/h2-3,7-8H,4-6H2,1H3,(H,13,17)(H,15,16)/t7?,8-/m0/s1. The fourth-order valence-electron chi connectivity index (χ4n) is 1.75. The summed E-state index contributed by atoms with van der Waals surface area (Å²) in [6, 6.07) is -1.04. The van der Waals surface area contributed by atoms with E-state index in [1.54, 1.807) is 17.5 Å². The minimum Gasteiger partial charge on any atom is -0.480 e. The van der Waals surface area contributed by atoms with Gasteiger partial charge >= 0.3 is 12.0 Å². The number of carbonyl (C=O) groups excluding carboxylic acids is 1. The van der Waals surface area contributed by atoms with Crippen molar-refractivity contribution in [3.8, 4) is 0 Å². The summed E-state index contributed by atoms with van der Waals surface area (Å²) in [4.78, 5) is 28.5. The fraction of sp³-hybridized carbons (Fsp3) is 0.545. The number of hydrogen-bond acceptors (Lipinski definition) is 5. The van der Waals surface area contributed by atoms with Crippen molar-refractivity contribution in [2.45, 2.75) is 18.9 Å². The number of hydrogen-bond donors (Lipinski definition) is 2. The Kier molecular flexibility index (Phi) is 4.65. The molecule has 1 fully saturated rings. The van der Waals surface area contributed by atoms with Gasteiger partial charge in [-0.05, 0) is 0 Å². The first-order valence-corrected chi connectivity index (χ1v) is 7.87. The van der Waals surface area contributed by atoms with Gasteiger partial charge in [0, 0.05) is 29.8 Å². The van der Waals surface area contributed by atoms with Crippen LogP contribution in [0.3, 0.4) is 0 Å². The Morgan fingerprint density at radius 3 is 3.11 bits per heavy atom. The Labute approximate surface area is 119 Å². The first kappa shape index (κ1) is 14.1. The SMILES string of the molecule is CC(CNC(=O)N1CSC[C@H]1C(=O)O)c1nccs1. The van der Waals surface area contributed by atoms with Crippen molar-refractivity contribution >= 4 is 35.1 Å². The van der Waals surface area contributed by atoms with E-state index < -0.39 is 12.0 Å². The summed E-state index contributed by atoms with van der Waals surface area (Å²) in [5.74, 6) is 0.0507. The molecule has 1 aliphatic heterocycles. The van der Waals surface area contributed by atoms with E-state index in [2.05, 4.69) is 10.3 Å². The number of urea groups is 1. The van der Waals surface area contributed by atoms with Gasteiger partial charge in [-0.2, -0.15) is 0 Å². The second-order valence-corrected chi connectivity index (χ2v) is 6.21. The molecule has 19 heavy (non-hydrogen) atoms. The molecule has 0 radical (unpaired) electrons. The highest BCUT2D eigenvalue weighted by atomic mass is 32.2. The topological polar surface area (TPSA) is 82.5 Å². The van der Waals surface area contributed by atoms with Crippen LogP contribution in [-0.2, 0) is 4.79 Å². The van der Waals surface area contributed by atoms with E-state index in [0.29, 0.717) is 18.2 Å². The maximum absolute atomic E-state index is 12.0. The minimum atomic E-state index is -0.951. The van der Waals surface area contributed by atoms with Crippen LogP contribution in [0.2, 0.25) is 0 Å². The van der Waals surface area contributed by atoms with Gasteiger partial charge in [-0.15, -0.1) is 23.1 Å². The zero-order valence-electron chi connectivity index (χ0n) is 10.4. The van der Waals surface area contributed by atoms with Gasteiger partial charge in [0.1, 0.15) is 6.04 Å². The van der Waals surface area contributed by atoms with Crippen LogP contribution in [0.15, 0.2) is 11.6 Å². The van der Waals surface area contributed by atoms with Crippen LogP contribution in [0, 0.1) is 0 Å². The third-order valence-electron chi connectivity index (χ3n) is 2.86. The summed E-state index contributed by atoms with van der Waals surface area (Å²) in [7, 11) is 0. The number of carbonyl (C=O) groups is 2. The summed E-state index contributed by atoms with van der Waals surface area (Å²) < 4.78 is 0. The molecule has 104 valence electrons. The molecule has 8 heteroatoms. The van der Waals surface area contributed by atoms with Crippen LogP contribution in [0.25, 0.3) is 0 Å². The van der Waals surface area contributed by atoms with Gasteiger partial charge in [0.2, 0.25) is 0 Å². The van der Waals surface area contributed by atoms with Gasteiger partial charge in [0.15, 0.2) is 0 Å². The molecule has 0 saturated carbocycles. The predicted octanol–water partition coefficient (Wildman–Crippen LogP) is 1.42. The van der Waals surface area contributed by atoms with Gasteiger partial charge in [0.05, 0.1) is 10.9 Å². The lowest BCUT2D eigenvalue weighted by Crippen LogP contribution is -2.47. The molecular weight excluding hydrogens is 286 g/mol. The summed E-state index contributed by atoms with van der Waals surface area (Å²) >= 11 is 3.00. The van der Waals surface area contributed by atoms with Crippen LogP contribution in [0.1, 0.15) is 17.8 Å². The van der Waals surface area contributed by atoms with Gasteiger partial charge < -0.3 is 15.3 Å². The van der Waals surface area contributed by atoms with Gasteiger partial charge in [-0.25, -0.2) is 14.6 Å². The molecule has 2 N–H and O–H groups in total. The third kappa shape index (κ3) is 3.38. The Hall–Kier alpha value is -1.28. The molecule has 1 saturated heterocycles. The number of aliphatic carboxylic acids is 1. The maximum atomic E-state index is 12.0. The zero-order chi connectivity index (χ0) is 13.8. The zero-order valence-corrected chi connectivity index (χ0v) is 12.0. The van der Waals surface area contributed by atoms with Crippen LogP contribution in [0.4, 0.5) is 4.79 Å². The molecule has 0 aromatic carbocycles. The quantitative estimate of drug-likeness (QED) is 0.879. The monoisotopic (exact) mass is 301 g/mol. The van der Waals surface area contributed by atoms with Crippen LogP contribution in [-0.4, -0.2) is 51.2 Å². The van der Waals surface area contributed by atoms with E-state index in [0.717, 1.165) is 5.01 Å². The molecule has 2 heterocycles. The van der Waals surface area contributed by atoms with Crippen molar-refractivity contribution in [1.82, 2.24) is 15.2 Å². The Bertz CT molecular complexity index is 452. The molecule has 1 aliphatic rings. The summed E-state index contributed by atoms with van der Waals surface area (Å²) in [6.45, 7) is 2.44. The number of thiazole rings is 1. The van der Waals surface area contributed by atoms with Crippen molar-refractivity contribution in [1.29, 1.82) is 0 Å². The summed E-state index contributed by atoms with van der Waals surface area (Å²) in [5.41, 5.74) is 0. The first-order chi connectivity index (χ1) is 9.09. The lowest BCUT2D eigenvalue weighted by Gasteiger charge is -2.21. The largest absolute Gasteiger partial charge is 0.480 e. The fourth-order valence-corrected chi connectivity index (χ4v) is 3.60. The molecule has 2 atom stereocenters. The second kappa shape index (κ2) is 6.25. The molecule has 1 aromatic rings. The number of nitrogens with one attached hydrogen (secondary N) is 1. The Morgan fingerprint density at radius 2 is 2.47 bits per heavy atom. The number of carboxylic acid groups (broad SMARTS) is 1. The first-order valence-electron chi connectivity index (χ1n) is 5.84. The van der Waals surface area contributed by atoms with Gasteiger partial charge in [-0.1, -0.05) is 6.92 Å². The number of nitrogens with zero attached hydrogens (tertiary/aromatic N) is 2. The van der Waals surface area contributed by atoms with Crippen LogP contribution >= 0.6 is 23.1 Å². The molecule has 0 spiro atoms. The Morgan fingerprint density at radius 1 is 1.68 bits per heavy atom. The Balaban J connectivity index is 1.86. The van der Waals surface area contributed by atoms with Crippen LogP contribution in [0.5, 0.6) is 0 Å². The molecule has 6 nitrogen and oxygen atoms in total. The van der Waals surface area contributed by atoms with Crippen molar-refractivity contribution in [2.24, 2.45) is 0 Å². The van der Waals surface area contributed by atoms with Gasteiger partial charge in [-0.3, -0.25) is 0 Å². The van der Waals surface area contributed by atoms with Gasteiger partial charge in [0.25, 0.3) is 0 Å². The second-order valence-electron chi connectivity index (χ2n) is 4.28. The number of thioether (sulfide) groups is 1. The highest BCUT2D eigenvalue weighted by molar-refractivity contribution is 7.99. The van der Waals surface area contributed by atoms with E-state index in [1.165, 1.54) is 16.7 Å². The number of aromatic nitrogens is 1. The number of amides is 2. The normalized spacial score (nSPS) is 20.3. The molecule has 2 amide bonds. The average Bonchev–Trinajstić information content (AvgIpc) is 3.04. The summed E-state index contributed by atoms with van der Waals surface area (Å²) in [6.07, 6.45) is 1.73. The van der Waals surface area contributed by atoms with Crippen molar-refractivity contribution in [3.63, 3.8) is 0 Å².